The third-order valence-corrected chi connectivity index (χ3v) is 3.91. The molecular formula is C12H15BrN2O2. The molecule has 0 N–H and O–H groups in total. The van der Waals surface area contributed by atoms with Crippen molar-refractivity contribution in [1.82, 2.24) is 0 Å². The Hall–Kier alpha value is -1.10. The molecule has 0 aliphatic carbocycles. The van der Waals surface area contributed by atoms with E-state index in [-0.39, 0.29) is 10.6 Å². The van der Waals surface area contributed by atoms with E-state index < -0.39 is 0 Å². The maximum absolute atomic E-state index is 11.1. The van der Waals surface area contributed by atoms with E-state index >= 15 is 0 Å². The minimum Gasteiger partial charge on any atom is -0.366 e. The fraction of sp³-hybridized carbons (Fsp3) is 0.500. The maximum Gasteiger partial charge on any atom is 0.292 e. The molecule has 0 bridgehead atoms. The largest absolute Gasteiger partial charge is 0.366 e. The zero-order chi connectivity index (χ0) is 12.4. The summed E-state index contributed by atoms with van der Waals surface area (Å²) in [6.07, 6.45) is 3.02. The Morgan fingerprint density at radius 2 is 2.06 bits per heavy atom. The summed E-state index contributed by atoms with van der Waals surface area (Å²) in [5.74, 6) is 0. The van der Waals surface area contributed by atoms with Crippen LogP contribution in [0.1, 0.15) is 25.3 Å². The Morgan fingerprint density at radius 3 is 2.59 bits per heavy atom. The second-order valence-electron chi connectivity index (χ2n) is 4.24. The molecule has 0 radical (unpaired) electrons. The highest BCUT2D eigenvalue weighted by atomic mass is 79.9. The van der Waals surface area contributed by atoms with Crippen molar-refractivity contribution in [3.63, 3.8) is 0 Å². The van der Waals surface area contributed by atoms with Gasteiger partial charge >= 0.3 is 0 Å². The molecule has 1 aromatic rings. The van der Waals surface area contributed by atoms with Crippen molar-refractivity contribution < 1.29 is 4.92 Å². The quantitative estimate of drug-likeness (QED) is 0.633. The summed E-state index contributed by atoms with van der Waals surface area (Å²) < 4.78 is 0.965. The molecule has 0 saturated carbocycles. The second kappa shape index (κ2) is 5.04. The van der Waals surface area contributed by atoms with Crippen molar-refractivity contribution in [2.45, 2.75) is 26.2 Å². The second-order valence-corrected chi connectivity index (χ2v) is 5.09. The third-order valence-electron chi connectivity index (χ3n) is 3.17. The molecule has 1 aliphatic rings. The van der Waals surface area contributed by atoms with Crippen LogP contribution < -0.4 is 4.90 Å². The fourth-order valence-electron chi connectivity index (χ4n) is 2.22. The van der Waals surface area contributed by atoms with Gasteiger partial charge in [-0.2, -0.15) is 0 Å². The van der Waals surface area contributed by atoms with Crippen molar-refractivity contribution >= 4 is 27.3 Å². The Labute approximate surface area is 109 Å². The molecule has 1 saturated heterocycles. The Morgan fingerprint density at radius 1 is 1.41 bits per heavy atom. The lowest BCUT2D eigenvalue weighted by Gasteiger charge is -2.18. The molecule has 92 valence electrons. The van der Waals surface area contributed by atoms with Crippen molar-refractivity contribution in [3.8, 4) is 0 Å². The van der Waals surface area contributed by atoms with Gasteiger partial charge in [0, 0.05) is 23.6 Å². The molecule has 1 heterocycles. The summed E-state index contributed by atoms with van der Waals surface area (Å²) in [5, 5.41) is 11.1. The standard InChI is InChI=1S/C12H15BrN2O2/c1-2-9-7-12(15(16)17)11(8-10(9)13)14-5-3-4-6-14/h7-8H,2-6H2,1H3. The summed E-state index contributed by atoms with van der Waals surface area (Å²) >= 11 is 3.49. The van der Waals surface area contributed by atoms with Crippen LogP contribution in [0, 0.1) is 10.1 Å². The van der Waals surface area contributed by atoms with Crippen molar-refractivity contribution in [2.75, 3.05) is 18.0 Å². The molecule has 4 nitrogen and oxygen atoms in total. The molecule has 0 amide bonds. The first kappa shape index (κ1) is 12.4. The summed E-state index contributed by atoms with van der Waals surface area (Å²) in [4.78, 5) is 12.9. The minimum absolute atomic E-state index is 0.229. The first-order chi connectivity index (χ1) is 8.13. The summed E-state index contributed by atoms with van der Waals surface area (Å²) in [7, 11) is 0. The third kappa shape index (κ3) is 2.44. The van der Waals surface area contributed by atoms with Gasteiger partial charge in [0.25, 0.3) is 5.69 Å². The lowest BCUT2D eigenvalue weighted by molar-refractivity contribution is -0.384. The summed E-state index contributed by atoms with van der Waals surface area (Å²) in [5.41, 5.74) is 1.96. The molecule has 5 heteroatoms. The molecule has 2 rings (SSSR count). The van der Waals surface area contributed by atoms with Gasteiger partial charge in [-0.3, -0.25) is 10.1 Å². The molecule has 0 spiro atoms. The predicted octanol–water partition coefficient (Wildman–Crippen LogP) is 3.52. The van der Waals surface area contributed by atoms with E-state index in [1.54, 1.807) is 6.07 Å². The Kier molecular flexibility index (Phi) is 3.66. The average Bonchev–Trinajstić information content (AvgIpc) is 2.81. The number of nitrogens with zero attached hydrogens (tertiary/aromatic N) is 2. The van der Waals surface area contributed by atoms with Gasteiger partial charge in [-0.1, -0.05) is 22.9 Å². The van der Waals surface area contributed by atoms with Crippen molar-refractivity contribution in [2.24, 2.45) is 0 Å². The smallest absolute Gasteiger partial charge is 0.292 e. The number of nitro groups is 1. The monoisotopic (exact) mass is 298 g/mol. The van der Waals surface area contributed by atoms with Gasteiger partial charge in [-0.25, -0.2) is 0 Å². The first-order valence-electron chi connectivity index (χ1n) is 5.85. The van der Waals surface area contributed by atoms with Gasteiger partial charge in [-0.05, 0) is 30.9 Å². The number of benzene rings is 1. The van der Waals surface area contributed by atoms with Crippen LogP contribution in [0.25, 0.3) is 0 Å². The lowest BCUT2D eigenvalue weighted by Crippen LogP contribution is -2.19. The zero-order valence-electron chi connectivity index (χ0n) is 9.78. The van der Waals surface area contributed by atoms with E-state index in [4.69, 9.17) is 0 Å². The minimum atomic E-state index is -0.279. The number of rotatable bonds is 3. The molecule has 0 unspecified atom stereocenters. The number of nitro benzene ring substituents is 1. The maximum atomic E-state index is 11.1. The highest BCUT2D eigenvalue weighted by Crippen LogP contribution is 2.35. The molecule has 0 aromatic heterocycles. The van der Waals surface area contributed by atoms with E-state index in [1.807, 2.05) is 13.0 Å². The lowest BCUT2D eigenvalue weighted by atomic mass is 10.1. The van der Waals surface area contributed by atoms with Crippen LogP contribution in [-0.4, -0.2) is 18.0 Å². The predicted molar refractivity (Wildman–Crippen MR) is 71.6 cm³/mol. The Balaban J connectivity index is 2.48. The highest BCUT2D eigenvalue weighted by molar-refractivity contribution is 9.10. The van der Waals surface area contributed by atoms with Crippen LogP contribution in [0.2, 0.25) is 0 Å². The molecule has 1 aliphatic heterocycles. The van der Waals surface area contributed by atoms with Gasteiger partial charge in [0.1, 0.15) is 5.69 Å². The number of halogens is 1. The van der Waals surface area contributed by atoms with Crippen LogP contribution in [0.5, 0.6) is 0 Å². The molecule has 1 fully saturated rings. The first-order valence-corrected chi connectivity index (χ1v) is 6.64. The number of hydrogen-bond donors (Lipinski definition) is 0. The fourth-order valence-corrected chi connectivity index (χ4v) is 2.83. The normalized spacial score (nSPS) is 15.3. The van der Waals surface area contributed by atoms with Crippen LogP contribution in [0.3, 0.4) is 0 Å². The zero-order valence-corrected chi connectivity index (χ0v) is 11.4. The van der Waals surface area contributed by atoms with Gasteiger partial charge in [0.05, 0.1) is 4.92 Å². The summed E-state index contributed by atoms with van der Waals surface area (Å²) in [6.45, 7) is 3.83. The van der Waals surface area contributed by atoms with Crippen LogP contribution >= 0.6 is 15.9 Å². The van der Waals surface area contributed by atoms with E-state index in [9.17, 15) is 10.1 Å². The van der Waals surface area contributed by atoms with Crippen LogP contribution in [0.4, 0.5) is 11.4 Å². The van der Waals surface area contributed by atoms with Crippen molar-refractivity contribution in [1.29, 1.82) is 0 Å². The van der Waals surface area contributed by atoms with Crippen LogP contribution in [0.15, 0.2) is 16.6 Å². The van der Waals surface area contributed by atoms with Gasteiger partial charge in [-0.15, -0.1) is 0 Å². The van der Waals surface area contributed by atoms with Gasteiger partial charge in [0.15, 0.2) is 0 Å². The van der Waals surface area contributed by atoms with Gasteiger partial charge < -0.3 is 4.90 Å². The van der Waals surface area contributed by atoms with Crippen LogP contribution in [-0.2, 0) is 6.42 Å². The van der Waals surface area contributed by atoms with E-state index in [1.165, 1.54) is 0 Å². The van der Waals surface area contributed by atoms with Crippen molar-refractivity contribution in [3.05, 3.63) is 32.3 Å². The topological polar surface area (TPSA) is 46.4 Å². The average molecular weight is 299 g/mol. The number of aryl methyl sites for hydroxylation is 1. The molecule has 17 heavy (non-hydrogen) atoms. The molecular weight excluding hydrogens is 284 g/mol. The molecule has 1 aromatic carbocycles. The van der Waals surface area contributed by atoms with E-state index in [0.29, 0.717) is 0 Å². The number of hydrogen-bond acceptors (Lipinski definition) is 3. The Bertz CT molecular complexity index is 442. The molecule has 0 atom stereocenters. The van der Waals surface area contributed by atoms with E-state index in [2.05, 4.69) is 20.8 Å². The van der Waals surface area contributed by atoms with E-state index in [0.717, 1.165) is 48.1 Å². The number of anilines is 1. The SMILES string of the molecule is CCc1cc([N+](=O)[O-])c(N2CCCC2)cc1Br. The van der Waals surface area contributed by atoms with Gasteiger partial charge in [0.2, 0.25) is 0 Å². The summed E-state index contributed by atoms with van der Waals surface area (Å²) in [6, 6.07) is 3.58. The highest BCUT2D eigenvalue weighted by Gasteiger charge is 2.23.